The summed E-state index contributed by atoms with van der Waals surface area (Å²) < 4.78 is 80.5. The van der Waals surface area contributed by atoms with Crippen LogP contribution in [-0.2, 0) is 28.4 Å². The van der Waals surface area contributed by atoms with Crippen LogP contribution in [0, 0.1) is 5.92 Å². The summed E-state index contributed by atoms with van der Waals surface area (Å²) in [5.74, 6) is -3.14. The van der Waals surface area contributed by atoms with Gasteiger partial charge in [-0.1, -0.05) is 38.1 Å². The fourth-order valence-corrected chi connectivity index (χ4v) is 4.38. The first-order valence-corrected chi connectivity index (χ1v) is 13.1. The molecule has 1 heterocycles. The summed E-state index contributed by atoms with van der Waals surface area (Å²) in [4.78, 5) is 41.3. The van der Waals surface area contributed by atoms with E-state index in [1.165, 1.54) is 13.1 Å². The zero-order valence-corrected chi connectivity index (χ0v) is 23.3. The zero-order chi connectivity index (χ0) is 32.1. The number of aromatic nitrogens is 1. The van der Waals surface area contributed by atoms with Crippen LogP contribution < -0.4 is 10.9 Å². The van der Waals surface area contributed by atoms with Crippen LogP contribution in [0.25, 0.3) is 10.9 Å². The minimum Gasteiger partial charge on any atom is -0.480 e. The lowest BCUT2D eigenvalue weighted by atomic mass is 10.0. The third-order valence-electron chi connectivity index (χ3n) is 6.60. The van der Waals surface area contributed by atoms with Crippen molar-refractivity contribution in [1.82, 2.24) is 20.7 Å². The number of carboxylic acid groups (broad SMARTS) is 1. The predicted octanol–water partition coefficient (Wildman–Crippen LogP) is 5.57. The van der Waals surface area contributed by atoms with Crippen LogP contribution in [0.3, 0.4) is 0 Å². The average molecular weight is 613 g/mol. The summed E-state index contributed by atoms with van der Waals surface area (Å²) in [5.41, 5.74) is 1.95. The molecule has 8 nitrogen and oxygen atoms in total. The summed E-state index contributed by atoms with van der Waals surface area (Å²) in [7, 11) is 1.19. The van der Waals surface area contributed by atoms with Gasteiger partial charge in [-0.15, -0.1) is 0 Å². The highest BCUT2D eigenvalue weighted by Crippen LogP contribution is 2.36. The van der Waals surface area contributed by atoms with E-state index in [0.717, 1.165) is 21.9 Å². The Morgan fingerprint density at radius 2 is 1.60 bits per heavy atom. The van der Waals surface area contributed by atoms with Crippen molar-refractivity contribution < 1.29 is 45.8 Å². The highest BCUT2D eigenvalue weighted by Gasteiger charge is 2.38. The van der Waals surface area contributed by atoms with Gasteiger partial charge < -0.3 is 15.0 Å². The Labute approximate surface area is 242 Å². The molecule has 0 saturated heterocycles. The molecule has 2 amide bonds. The number of hydrazine groups is 1. The number of hydrogen-bond donors (Lipinski definition) is 4. The van der Waals surface area contributed by atoms with Gasteiger partial charge in [-0.25, -0.2) is 5.43 Å². The number of nitrogens with zero attached hydrogens (tertiary/aromatic N) is 1. The van der Waals surface area contributed by atoms with Gasteiger partial charge in [-0.05, 0) is 48.6 Å². The Kier molecular flexibility index (Phi) is 10.3. The number of alkyl halides is 6. The van der Waals surface area contributed by atoms with E-state index in [1.807, 2.05) is 0 Å². The number of halogens is 6. The first-order chi connectivity index (χ1) is 20.0. The van der Waals surface area contributed by atoms with Gasteiger partial charge in [0.05, 0.1) is 17.2 Å². The highest BCUT2D eigenvalue weighted by atomic mass is 19.4. The van der Waals surface area contributed by atoms with E-state index < -0.39 is 58.9 Å². The van der Waals surface area contributed by atoms with Gasteiger partial charge in [-0.2, -0.15) is 26.3 Å². The Balaban J connectivity index is 1.94. The first-order valence-electron chi connectivity index (χ1n) is 13.1. The number of nitrogens with one attached hydrogen (secondary N) is 3. The number of aliphatic carboxylic acids is 1. The molecule has 2 atom stereocenters. The molecule has 14 heteroatoms. The van der Waals surface area contributed by atoms with Gasteiger partial charge in [0.2, 0.25) is 0 Å². The number of hydrogen-bond acceptors (Lipinski definition) is 4. The fourth-order valence-electron chi connectivity index (χ4n) is 4.38. The molecule has 3 rings (SSSR count). The molecular formula is C29H30F6N4O4. The van der Waals surface area contributed by atoms with Crippen molar-refractivity contribution in [3.63, 3.8) is 0 Å². The fraction of sp³-hybridized carbons (Fsp3) is 0.345. The Hall–Kier alpha value is -4.33. The summed E-state index contributed by atoms with van der Waals surface area (Å²) in [6, 6.07) is 5.62. The number of carbonyl (C=O) groups is 3. The van der Waals surface area contributed by atoms with E-state index in [-0.39, 0.29) is 24.8 Å². The molecule has 0 spiro atoms. The molecule has 0 saturated carbocycles. The van der Waals surface area contributed by atoms with Crippen molar-refractivity contribution in [1.29, 1.82) is 0 Å². The number of amides is 2. The predicted molar refractivity (Wildman–Crippen MR) is 146 cm³/mol. The van der Waals surface area contributed by atoms with Crippen molar-refractivity contribution in [2.75, 3.05) is 7.05 Å². The minimum atomic E-state index is -5.15. The second-order valence-corrected chi connectivity index (χ2v) is 10.4. The van der Waals surface area contributed by atoms with Crippen molar-refractivity contribution in [2.45, 2.75) is 51.1 Å². The number of benzene rings is 2. The van der Waals surface area contributed by atoms with Crippen molar-refractivity contribution in [3.8, 4) is 0 Å². The van der Waals surface area contributed by atoms with Crippen LogP contribution in [0.1, 0.15) is 47.3 Å². The maximum absolute atomic E-state index is 13.4. The van der Waals surface area contributed by atoms with E-state index in [9.17, 15) is 45.8 Å². The molecule has 0 bridgehead atoms. The lowest BCUT2D eigenvalue weighted by molar-refractivity contribution is -0.143. The molecule has 0 aliphatic carbocycles. The van der Waals surface area contributed by atoms with Crippen LogP contribution in [-0.4, -0.2) is 51.9 Å². The van der Waals surface area contributed by atoms with Gasteiger partial charge in [0.25, 0.3) is 11.8 Å². The van der Waals surface area contributed by atoms with Crippen LogP contribution in [0.4, 0.5) is 26.3 Å². The number of carboxylic acids is 1. The average Bonchev–Trinajstić information content (AvgIpc) is 3.33. The number of H-pyrrole nitrogens is 1. The van der Waals surface area contributed by atoms with Crippen molar-refractivity contribution in [2.24, 2.45) is 5.92 Å². The van der Waals surface area contributed by atoms with Gasteiger partial charge in [0, 0.05) is 35.8 Å². The summed E-state index contributed by atoms with van der Waals surface area (Å²) in [5, 5.41) is 10.1. The Bertz CT molecular complexity index is 1460. The SMILES string of the molecule is CC(C)C[C@H](NNC(=O)C=CC(Cc1c[nH]c2ccccc12)N(C)C(=O)c1cc(C(F)(F)F)cc(C(F)(F)F)c1)C(=O)O. The molecule has 0 aliphatic heterocycles. The maximum atomic E-state index is 13.4. The monoisotopic (exact) mass is 612 g/mol. The zero-order valence-electron chi connectivity index (χ0n) is 23.3. The van der Waals surface area contributed by atoms with Crippen LogP contribution in [0.5, 0.6) is 0 Å². The molecule has 43 heavy (non-hydrogen) atoms. The van der Waals surface area contributed by atoms with Gasteiger partial charge in [0.15, 0.2) is 0 Å². The normalized spacial score (nSPS) is 13.8. The molecule has 232 valence electrons. The quantitative estimate of drug-likeness (QED) is 0.129. The molecule has 1 aromatic heterocycles. The summed E-state index contributed by atoms with van der Waals surface area (Å²) in [6.07, 6.45) is -6.17. The molecule has 4 N–H and O–H groups in total. The molecule has 3 aromatic rings. The highest BCUT2D eigenvalue weighted by molar-refractivity contribution is 5.95. The second-order valence-electron chi connectivity index (χ2n) is 10.4. The van der Waals surface area contributed by atoms with Crippen LogP contribution >= 0.6 is 0 Å². The van der Waals surface area contributed by atoms with E-state index >= 15 is 0 Å². The molecule has 2 aromatic carbocycles. The summed E-state index contributed by atoms with van der Waals surface area (Å²) in [6.45, 7) is 3.59. The largest absolute Gasteiger partial charge is 0.480 e. The number of fused-ring (bicyclic) bond motifs is 1. The van der Waals surface area contributed by atoms with Crippen molar-refractivity contribution >= 4 is 28.7 Å². The van der Waals surface area contributed by atoms with Gasteiger partial charge in [-0.3, -0.25) is 19.8 Å². The number of carbonyl (C=O) groups excluding carboxylic acids is 2. The van der Waals surface area contributed by atoms with E-state index in [0.29, 0.717) is 17.7 Å². The molecule has 0 radical (unpaired) electrons. The standard InChI is InChI=1S/C29H30F6N4O4/c1-16(2)10-24(27(42)43)37-38-25(40)9-8-21(13-18-15-36-23-7-5-4-6-22(18)23)39(3)26(41)17-11-19(28(30,31)32)14-20(12-17)29(33,34)35/h4-9,11-12,14-16,21,24,36-37H,10,13H2,1-3H3,(H,38,40)(H,42,43)/t21?,24-/m0/s1. The third kappa shape index (κ3) is 8.83. The minimum absolute atomic E-state index is 0.00466. The smallest absolute Gasteiger partial charge is 0.416 e. The number of para-hydroxylation sites is 1. The van der Waals surface area contributed by atoms with E-state index in [4.69, 9.17) is 0 Å². The maximum Gasteiger partial charge on any atom is 0.416 e. The molecule has 0 aliphatic rings. The number of rotatable bonds is 11. The van der Waals surface area contributed by atoms with E-state index in [1.54, 1.807) is 44.3 Å². The lowest BCUT2D eigenvalue weighted by Crippen LogP contribution is -2.48. The molecule has 0 fully saturated rings. The number of aromatic amines is 1. The topological polar surface area (TPSA) is 115 Å². The van der Waals surface area contributed by atoms with Crippen LogP contribution in [0.2, 0.25) is 0 Å². The third-order valence-corrected chi connectivity index (χ3v) is 6.60. The second kappa shape index (κ2) is 13.3. The Morgan fingerprint density at radius 3 is 2.16 bits per heavy atom. The van der Waals surface area contributed by atoms with E-state index in [2.05, 4.69) is 15.8 Å². The lowest BCUT2D eigenvalue weighted by Gasteiger charge is -2.27. The molecular weight excluding hydrogens is 582 g/mol. The van der Waals surface area contributed by atoms with Gasteiger partial charge in [0.1, 0.15) is 6.04 Å². The van der Waals surface area contributed by atoms with Crippen molar-refractivity contribution in [3.05, 3.63) is 83.1 Å². The Morgan fingerprint density at radius 1 is 1.00 bits per heavy atom. The van der Waals surface area contributed by atoms with Gasteiger partial charge >= 0.3 is 18.3 Å². The van der Waals surface area contributed by atoms with Crippen LogP contribution in [0.15, 0.2) is 60.8 Å². The molecule has 1 unspecified atom stereocenters. The summed E-state index contributed by atoms with van der Waals surface area (Å²) >= 11 is 0. The number of likely N-dealkylation sites (N-methyl/N-ethyl adjacent to an activating group) is 1. The first kappa shape index (κ1) is 33.2.